The van der Waals surface area contributed by atoms with Gasteiger partial charge in [0.25, 0.3) is 0 Å². The standard InChI is InChI=1S/C14H18F2N2O2S/c1-2-17-10-11-8-12(15)14(16)13(9-11)21(19,20)18-6-4-3-5-7-18/h3-4,8-9,17H,2,5-7,10H2,1H3. The molecule has 0 aromatic heterocycles. The smallest absolute Gasteiger partial charge is 0.246 e. The molecule has 0 radical (unpaired) electrons. The Morgan fingerprint density at radius 2 is 2.05 bits per heavy atom. The average molecular weight is 316 g/mol. The van der Waals surface area contributed by atoms with Crippen LogP contribution in [0.3, 0.4) is 0 Å². The fraction of sp³-hybridized carbons (Fsp3) is 0.429. The molecule has 1 N–H and O–H groups in total. The number of halogens is 2. The van der Waals surface area contributed by atoms with Crippen LogP contribution in [0.5, 0.6) is 0 Å². The monoisotopic (exact) mass is 316 g/mol. The van der Waals surface area contributed by atoms with Crippen molar-refractivity contribution in [2.75, 3.05) is 19.6 Å². The molecule has 0 saturated heterocycles. The van der Waals surface area contributed by atoms with Crippen LogP contribution in [0.25, 0.3) is 0 Å². The van der Waals surface area contributed by atoms with Crippen LogP contribution in [0, 0.1) is 11.6 Å². The van der Waals surface area contributed by atoms with Crippen molar-refractivity contribution in [2.45, 2.75) is 24.8 Å². The molecule has 2 rings (SSSR count). The second-order valence-electron chi connectivity index (χ2n) is 4.79. The minimum absolute atomic E-state index is 0.181. The van der Waals surface area contributed by atoms with E-state index >= 15 is 0 Å². The second kappa shape index (κ2) is 6.64. The van der Waals surface area contributed by atoms with Crippen LogP contribution < -0.4 is 5.32 Å². The van der Waals surface area contributed by atoms with E-state index in [-0.39, 0.29) is 19.6 Å². The summed E-state index contributed by atoms with van der Waals surface area (Å²) in [6.45, 7) is 3.27. The summed E-state index contributed by atoms with van der Waals surface area (Å²) < 4.78 is 53.7. The lowest BCUT2D eigenvalue weighted by molar-refractivity contribution is 0.425. The summed E-state index contributed by atoms with van der Waals surface area (Å²) in [7, 11) is -4.02. The summed E-state index contributed by atoms with van der Waals surface area (Å²) in [5, 5.41) is 2.96. The third kappa shape index (κ3) is 3.48. The maximum Gasteiger partial charge on any atom is 0.246 e. The predicted molar refractivity (Wildman–Crippen MR) is 76.3 cm³/mol. The zero-order chi connectivity index (χ0) is 15.5. The largest absolute Gasteiger partial charge is 0.313 e. The third-order valence-electron chi connectivity index (χ3n) is 3.27. The number of rotatable bonds is 5. The quantitative estimate of drug-likeness (QED) is 0.846. The zero-order valence-corrected chi connectivity index (χ0v) is 12.6. The lowest BCUT2D eigenvalue weighted by Crippen LogP contribution is -2.34. The van der Waals surface area contributed by atoms with E-state index in [0.717, 1.165) is 10.4 Å². The minimum Gasteiger partial charge on any atom is -0.313 e. The number of sulfonamides is 1. The number of hydrogen-bond acceptors (Lipinski definition) is 3. The lowest BCUT2D eigenvalue weighted by Gasteiger charge is -2.23. The molecule has 21 heavy (non-hydrogen) atoms. The molecule has 0 fully saturated rings. The van der Waals surface area contributed by atoms with Crippen LogP contribution in [-0.2, 0) is 16.6 Å². The molecule has 1 heterocycles. The van der Waals surface area contributed by atoms with Crippen molar-refractivity contribution in [3.8, 4) is 0 Å². The van der Waals surface area contributed by atoms with Gasteiger partial charge in [-0.25, -0.2) is 17.2 Å². The van der Waals surface area contributed by atoms with E-state index in [9.17, 15) is 17.2 Å². The molecular weight excluding hydrogens is 298 g/mol. The van der Waals surface area contributed by atoms with E-state index in [0.29, 0.717) is 18.5 Å². The van der Waals surface area contributed by atoms with Gasteiger partial charge in [-0.05, 0) is 30.7 Å². The van der Waals surface area contributed by atoms with E-state index in [2.05, 4.69) is 5.32 Å². The summed E-state index contributed by atoms with van der Waals surface area (Å²) in [4.78, 5) is -0.592. The first-order chi connectivity index (χ1) is 9.96. The van der Waals surface area contributed by atoms with Crippen LogP contribution >= 0.6 is 0 Å². The molecule has 0 bridgehead atoms. The van der Waals surface area contributed by atoms with Crippen molar-refractivity contribution in [2.24, 2.45) is 0 Å². The molecule has 0 saturated carbocycles. The van der Waals surface area contributed by atoms with Crippen molar-refractivity contribution in [1.29, 1.82) is 0 Å². The van der Waals surface area contributed by atoms with Crippen molar-refractivity contribution >= 4 is 10.0 Å². The molecule has 0 amide bonds. The van der Waals surface area contributed by atoms with Crippen molar-refractivity contribution in [3.05, 3.63) is 41.5 Å². The first kappa shape index (κ1) is 16.1. The van der Waals surface area contributed by atoms with Crippen LogP contribution in [0.4, 0.5) is 8.78 Å². The van der Waals surface area contributed by atoms with Crippen molar-refractivity contribution < 1.29 is 17.2 Å². The first-order valence-corrected chi connectivity index (χ1v) is 8.24. The summed E-state index contributed by atoms with van der Waals surface area (Å²) in [6.07, 6.45) is 4.14. The third-order valence-corrected chi connectivity index (χ3v) is 5.14. The van der Waals surface area contributed by atoms with Gasteiger partial charge in [0.1, 0.15) is 4.90 Å². The highest BCUT2D eigenvalue weighted by Gasteiger charge is 2.29. The maximum atomic E-state index is 13.9. The Morgan fingerprint density at radius 3 is 2.67 bits per heavy atom. The topological polar surface area (TPSA) is 49.4 Å². The molecule has 0 atom stereocenters. The molecule has 1 aliphatic rings. The Balaban J connectivity index is 2.41. The molecule has 4 nitrogen and oxygen atoms in total. The molecule has 116 valence electrons. The molecule has 7 heteroatoms. The first-order valence-electron chi connectivity index (χ1n) is 6.80. The maximum absolute atomic E-state index is 13.9. The molecule has 0 unspecified atom stereocenters. The normalized spacial score (nSPS) is 16.3. The zero-order valence-electron chi connectivity index (χ0n) is 11.8. The molecule has 1 aliphatic heterocycles. The highest BCUT2D eigenvalue weighted by Crippen LogP contribution is 2.24. The molecule has 1 aromatic rings. The average Bonchev–Trinajstić information content (AvgIpc) is 2.49. The molecule has 0 aliphatic carbocycles. The van der Waals surface area contributed by atoms with Gasteiger partial charge < -0.3 is 5.32 Å². The van der Waals surface area contributed by atoms with Gasteiger partial charge in [0.15, 0.2) is 11.6 Å². The van der Waals surface area contributed by atoms with Crippen LogP contribution in [-0.4, -0.2) is 32.4 Å². The van der Waals surface area contributed by atoms with E-state index in [4.69, 9.17) is 0 Å². The van der Waals surface area contributed by atoms with E-state index in [1.807, 2.05) is 13.0 Å². The van der Waals surface area contributed by atoms with Crippen molar-refractivity contribution in [1.82, 2.24) is 9.62 Å². The van der Waals surface area contributed by atoms with E-state index in [1.165, 1.54) is 6.07 Å². The van der Waals surface area contributed by atoms with Crippen LogP contribution in [0.1, 0.15) is 18.9 Å². The Kier molecular flexibility index (Phi) is 5.08. The fourth-order valence-electron chi connectivity index (χ4n) is 2.15. The summed E-state index contributed by atoms with van der Waals surface area (Å²) in [6, 6.07) is 2.22. The number of hydrogen-bond donors (Lipinski definition) is 1. The number of nitrogens with zero attached hydrogens (tertiary/aromatic N) is 1. The van der Waals surface area contributed by atoms with Gasteiger partial charge in [0.05, 0.1) is 0 Å². The fourth-order valence-corrected chi connectivity index (χ4v) is 3.68. The van der Waals surface area contributed by atoms with Gasteiger partial charge in [-0.1, -0.05) is 19.1 Å². The predicted octanol–water partition coefficient (Wildman–Crippen LogP) is 2.02. The molecule has 0 spiro atoms. The van der Waals surface area contributed by atoms with Gasteiger partial charge >= 0.3 is 0 Å². The van der Waals surface area contributed by atoms with E-state index in [1.54, 1.807) is 6.08 Å². The van der Waals surface area contributed by atoms with Gasteiger partial charge in [-0.15, -0.1) is 0 Å². The Labute approximate surface area is 123 Å². The van der Waals surface area contributed by atoms with Gasteiger partial charge in [-0.3, -0.25) is 0 Å². The number of benzene rings is 1. The van der Waals surface area contributed by atoms with Gasteiger partial charge in [-0.2, -0.15) is 4.31 Å². The highest BCUT2D eigenvalue weighted by molar-refractivity contribution is 7.89. The van der Waals surface area contributed by atoms with Crippen LogP contribution in [0.2, 0.25) is 0 Å². The Hall–Kier alpha value is -1.31. The molecule has 1 aromatic carbocycles. The lowest BCUT2D eigenvalue weighted by atomic mass is 10.2. The van der Waals surface area contributed by atoms with Crippen molar-refractivity contribution in [3.63, 3.8) is 0 Å². The highest BCUT2D eigenvalue weighted by atomic mass is 32.2. The molecular formula is C14H18F2N2O2S. The second-order valence-corrected chi connectivity index (χ2v) is 6.70. The summed E-state index contributed by atoms with van der Waals surface area (Å²) in [5.41, 5.74) is 0.405. The van der Waals surface area contributed by atoms with E-state index < -0.39 is 26.6 Å². The summed E-state index contributed by atoms with van der Waals surface area (Å²) >= 11 is 0. The Morgan fingerprint density at radius 1 is 1.29 bits per heavy atom. The van der Waals surface area contributed by atoms with Gasteiger partial charge in [0, 0.05) is 19.6 Å². The Bertz CT molecular complexity index is 645. The summed E-state index contributed by atoms with van der Waals surface area (Å²) in [5.74, 6) is -2.46. The SMILES string of the molecule is CCNCc1cc(F)c(F)c(S(=O)(=O)N2CC=CCC2)c1. The minimum atomic E-state index is -4.02. The van der Waals surface area contributed by atoms with Crippen LogP contribution in [0.15, 0.2) is 29.2 Å². The number of nitrogens with one attached hydrogen (secondary N) is 1. The van der Waals surface area contributed by atoms with Gasteiger partial charge in [0.2, 0.25) is 10.0 Å².